The first-order valence-electron chi connectivity index (χ1n) is 6.14. The second kappa shape index (κ2) is 5.73. The summed E-state index contributed by atoms with van der Waals surface area (Å²) in [6, 6.07) is 1.95. The standard InChI is InChI=1S/C12H18ClN5O/c1-8-7-18(4-3-17(8)2)12(19)9-5-10(13)11(16-14)15-6-9/h5-6,8H,3-4,7,14H2,1-2H3,(H,15,16). The molecule has 0 aliphatic carbocycles. The number of amides is 1. The van der Waals surface area contributed by atoms with Crippen LogP contribution in [0.1, 0.15) is 17.3 Å². The quantitative estimate of drug-likeness (QED) is 0.620. The monoisotopic (exact) mass is 283 g/mol. The number of piperazine rings is 1. The van der Waals surface area contributed by atoms with Crippen LogP contribution < -0.4 is 11.3 Å². The molecular weight excluding hydrogens is 266 g/mol. The average Bonchev–Trinajstić information content (AvgIpc) is 2.41. The minimum absolute atomic E-state index is 0.0436. The Bertz CT molecular complexity index is 481. The van der Waals surface area contributed by atoms with Gasteiger partial charge in [0, 0.05) is 31.9 Å². The molecule has 1 aromatic rings. The van der Waals surface area contributed by atoms with Crippen molar-refractivity contribution in [3.8, 4) is 0 Å². The highest BCUT2D eigenvalue weighted by molar-refractivity contribution is 6.33. The van der Waals surface area contributed by atoms with E-state index in [-0.39, 0.29) is 5.91 Å². The molecule has 104 valence electrons. The number of hydrazine groups is 1. The summed E-state index contributed by atoms with van der Waals surface area (Å²) < 4.78 is 0. The Kier molecular flexibility index (Phi) is 4.24. The summed E-state index contributed by atoms with van der Waals surface area (Å²) in [6.07, 6.45) is 1.49. The molecule has 6 nitrogen and oxygen atoms in total. The Morgan fingerprint density at radius 2 is 2.32 bits per heavy atom. The Hall–Kier alpha value is -1.37. The highest BCUT2D eigenvalue weighted by Crippen LogP contribution is 2.20. The Morgan fingerprint density at radius 1 is 1.58 bits per heavy atom. The molecule has 3 N–H and O–H groups in total. The zero-order valence-electron chi connectivity index (χ0n) is 11.1. The van der Waals surface area contributed by atoms with E-state index in [2.05, 4.69) is 29.3 Å². The predicted molar refractivity (Wildman–Crippen MR) is 75.1 cm³/mol. The van der Waals surface area contributed by atoms with Crippen LogP contribution in [-0.2, 0) is 0 Å². The van der Waals surface area contributed by atoms with Crippen molar-refractivity contribution in [2.45, 2.75) is 13.0 Å². The predicted octanol–water partition coefficient (Wildman–Crippen LogP) is 0.797. The van der Waals surface area contributed by atoms with Crippen molar-refractivity contribution in [1.29, 1.82) is 0 Å². The summed E-state index contributed by atoms with van der Waals surface area (Å²) >= 11 is 5.98. The second-order valence-electron chi connectivity index (χ2n) is 4.78. The van der Waals surface area contributed by atoms with Gasteiger partial charge in [-0.25, -0.2) is 10.8 Å². The summed E-state index contributed by atoms with van der Waals surface area (Å²) in [4.78, 5) is 20.4. The molecule has 0 bridgehead atoms. The maximum absolute atomic E-state index is 12.4. The number of nitrogens with zero attached hydrogens (tertiary/aromatic N) is 3. The van der Waals surface area contributed by atoms with Crippen molar-refractivity contribution in [3.63, 3.8) is 0 Å². The van der Waals surface area contributed by atoms with Crippen LogP contribution in [0.3, 0.4) is 0 Å². The summed E-state index contributed by atoms with van der Waals surface area (Å²) in [7, 11) is 2.06. The van der Waals surface area contributed by atoms with Crippen LogP contribution in [0.5, 0.6) is 0 Å². The van der Waals surface area contributed by atoms with Crippen molar-refractivity contribution in [2.24, 2.45) is 5.84 Å². The van der Waals surface area contributed by atoms with Crippen LogP contribution in [0.2, 0.25) is 5.02 Å². The summed E-state index contributed by atoms with van der Waals surface area (Å²) in [5, 5.41) is 0.343. The van der Waals surface area contributed by atoms with Crippen LogP contribution in [0.4, 0.5) is 5.82 Å². The van der Waals surface area contributed by atoms with Gasteiger partial charge in [-0.15, -0.1) is 0 Å². The molecule has 1 aliphatic rings. The van der Waals surface area contributed by atoms with Crippen molar-refractivity contribution in [1.82, 2.24) is 14.8 Å². The van der Waals surface area contributed by atoms with E-state index in [0.717, 1.165) is 6.54 Å². The highest BCUT2D eigenvalue weighted by Gasteiger charge is 2.25. The Labute approximate surface area is 117 Å². The number of nitrogen functional groups attached to an aromatic ring is 1. The molecule has 1 saturated heterocycles. The fourth-order valence-corrected chi connectivity index (χ4v) is 2.30. The largest absolute Gasteiger partial charge is 0.336 e. The van der Waals surface area contributed by atoms with E-state index in [9.17, 15) is 4.79 Å². The average molecular weight is 284 g/mol. The molecule has 1 amide bonds. The van der Waals surface area contributed by atoms with E-state index in [1.165, 1.54) is 6.20 Å². The number of rotatable bonds is 2. The van der Waals surface area contributed by atoms with Gasteiger partial charge < -0.3 is 15.2 Å². The summed E-state index contributed by atoms with van der Waals surface area (Å²) in [6.45, 7) is 4.40. The topological polar surface area (TPSA) is 74.5 Å². The smallest absolute Gasteiger partial charge is 0.255 e. The van der Waals surface area contributed by atoms with E-state index in [1.807, 2.05) is 4.90 Å². The van der Waals surface area contributed by atoms with Gasteiger partial charge >= 0.3 is 0 Å². The number of hydrogen-bond donors (Lipinski definition) is 2. The van der Waals surface area contributed by atoms with Crippen molar-refractivity contribution in [2.75, 3.05) is 32.1 Å². The first-order valence-corrected chi connectivity index (χ1v) is 6.52. The number of carbonyl (C=O) groups is 1. The Morgan fingerprint density at radius 3 is 2.89 bits per heavy atom. The minimum atomic E-state index is -0.0436. The third kappa shape index (κ3) is 2.97. The molecular formula is C12H18ClN5O. The maximum Gasteiger partial charge on any atom is 0.255 e. The number of halogens is 1. The van der Waals surface area contributed by atoms with Crippen molar-refractivity contribution < 1.29 is 4.79 Å². The molecule has 2 heterocycles. The van der Waals surface area contributed by atoms with Crippen LogP contribution in [0, 0.1) is 0 Å². The number of nitrogens with two attached hydrogens (primary N) is 1. The molecule has 1 atom stereocenters. The van der Waals surface area contributed by atoms with Gasteiger partial charge in [0.15, 0.2) is 5.82 Å². The van der Waals surface area contributed by atoms with E-state index < -0.39 is 0 Å². The molecule has 1 aromatic heterocycles. The summed E-state index contributed by atoms with van der Waals surface area (Å²) in [5.41, 5.74) is 2.87. The zero-order chi connectivity index (χ0) is 14.0. The first-order chi connectivity index (χ1) is 9.02. The molecule has 7 heteroatoms. The minimum Gasteiger partial charge on any atom is -0.336 e. The van der Waals surface area contributed by atoms with Gasteiger partial charge in [0.2, 0.25) is 0 Å². The van der Waals surface area contributed by atoms with Crippen LogP contribution in [0.25, 0.3) is 0 Å². The van der Waals surface area contributed by atoms with Gasteiger partial charge in [0.05, 0.1) is 10.6 Å². The summed E-state index contributed by atoms with van der Waals surface area (Å²) in [5.74, 6) is 5.58. The zero-order valence-corrected chi connectivity index (χ0v) is 11.8. The highest BCUT2D eigenvalue weighted by atomic mass is 35.5. The maximum atomic E-state index is 12.4. The van der Waals surface area contributed by atoms with Gasteiger partial charge in [0.1, 0.15) is 0 Å². The lowest BCUT2D eigenvalue weighted by molar-refractivity contribution is 0.0572. The van der Waals surface area contributed by atoms with E-state index in [1.54, 1.807) is 6.07 Å². The fourth-order valence-electron chi connectivity index (χ4n) is 2.08. The van der Waals surface area contributed by atoms with Crippen LogP contribution in [0.15, 0.2) is 12.3 Å². The third-order valence-electron chi connectivity index (χ3n) is 3.47. The number of likely N-dealkylation sites (N-methyl/N-ethyl adjacent to an activating group) is 1. The van der Waals surface area contributed by atoms with Crippen molar-refractivity contribution >= 4 is 23.3 Å². The third-order valence-corrected chi connectivity index (χ3v) is 3.76. The number of aromatic nitrogens is 1. The molecule has 0 saturated carbocycles. The molecule has 2 rings (SSSR count). The second-order valence-corrected chi connectivity index (χ2v) is 5.19. The molecule has 19 heavy (non-hydrogen) atoms. The SMILES string of the molecule is CC1CN(C(=O)c2cnc(NN)c(Cl)c2)CCN1C. The van der Waals surface area contributed by atoms with Gasteiger partial charge in [-0.1, -0.05) is 11.6 Å². The molecule has 0 spiro atoms. The van der Waals surface area contributed by atoms with Gasteiger partial charge in [-0.3, -0.25) is 4.79 Å². The first kappa shape index (κ1) is 14.0. The van der Waals surface area contributed by atoms with Crippen molar-refractivity contribution in [3.05, 3.63) is 22.8 Å². The number of pyridine rings is 1. The molecule has 1 fully saturated rings. The lowest BCUT2D eigenvalue weighted by atomic mass is 10.1. The molecule has 0 aromatic carbocycles. The van der Waals surface area contributed by atoms with Crippen LogP contribution >= 0.6 is 11.6 Å². The lowest BCUT2D eigenvalue weighted by Crippen LogP contribution is -2.52. The van der Waals surface area contributed by atoms with E-state index >= 15 is 0 Å². The van der Waals surface area contributed by atoms with Gasteiger partial charge in [0.25, 0.3) is 5.91 Å². The number of carbonyl (C=O) groups excluding carboxylic acids is 1. The van der Waals surface area contributed by atoms with Gasteiger partial charge in [-0.2, -0.15) is 0 Å². The van der Waals surface area contributed by atoms with Crippen LogP contribution in [-0.4, -0.2) is 53.4 Å². The fraction of sp³-hybridized carbons (Fsp3) is 0.500. The number of nitrogens with one attached hydrogen (secondary N) is 1. The molecule has 1 unspecified atom stereocenters. The van der Waals surface area contributed by atoms with E-state index in [0.29, 0.717) is 35.5 Å². The number of anilines is 1. The lowest BCUT2D eigenvalue weighted by Gasteiger charge is -2.37. The molecule has 0 radical (unpaired) electrons. The van der Waals surface area contributed by atoms with E-state index in [4.69, 9.17) is 17.4 Å². The normalized spacial score (nSPS) is 20.4. The number of hydrogen-bond acceptors (Lipinski definition) is 5. The Balaban J connectivity index is 2.13. The van der Waals surface area contributed by atoms with Gasteiger partial charge in [-0.05, 0) is 20.0 Å². The molecule has 1 aliphatic heterocycles.